The normalized spacial score (nSPS) is 11.1. The summed E-state index contributed by atoms with van der Waals surface area (Å²) >= 11 is 0. The van der Waals surface area contributed by atoms with E-state index in [1.54, 1.807) is 12.1 Å². The van der Waals surface area contributed by atoms with Crippen LogP contribution in [-0.4, -0.2) is 47.1 Å². The number of pyridine rings is 1. The Labute approximate surface area is 127 Å². The molecule has 21 heavy (non-hydrogen) atoms. The summed E-state index contributed by atoms with van der Waals surface area (Å²) in [4.78, 5) is 18.0. The van der Waals surface area contributed by atoms with Crippen LogP contribution in [-0.2, 0) is 0 Å². The third-order valence-corrected chi connectivity index (χ3v) is 3.54. The Hall–Kier alpha value is -1.62. The van der Waals surface area contributed by atoms with E-state index < -0.39 is 5.97 Å². The number of hydrogen-bond acceptors (Lipinski definition) is 4. The maximum atomic E-state index is 11.2. The smallest absolute Gasteiger partial charge is 0.335 e. The maximum Gasteiger partial charge on any atom is 0.335 e. The van der Waals surface area contributed by atoms with Gasteiger partial charge in [-0.3, -0.25) is 0 Å². The highest BCUT2D eigenvalue weighted by molar-refractivity contribution is 5.88. The molecule has 0 saturated heterocycles. The van der Waals surface area contributed by atoms with Crippen molar-refractivity contribution in [2.24, 2.45) is 0 Å². The van der Waals surface area contributed by atoms with Crippen LogP contribution in [0.3, 0.4) is 0 Å². The van der Waals surface area contributed by atoms with Crippen molar-refractivity contribution in [2.45, 2.75) is 40.0 Å². The zero-order valence-corrected chi connectivity index (χ0v) is 13.5. The zero-order chi connectivity index (χ0) is 15.8. The lowest BCUT2D eigenvalue weighted by atomic mass is 10.1. The highest BCUT2D eigenvalue weighted by Gasteiger charge is 2.10. The van der Waals surface area contributed by atoms with Crippen LogP contribution in [0.1, 0.15) is 56.1 Å². The Morgan fingerprint density at radius 2 is 2.00 bits per heavy atom. The van der Waals surface area contributed by atoms with Crippen LogP contribution in [0.2, 0.25) is 0 Å². The third kappa shape index (κ3) is 5.71. The minimum Gasteiger partial charge on any atom is -0.478 e. The SMILES string of the molecule is CCN(CC)CCCNc1cc(C(=O)O)cc(C(C)C)n1. The molecule has 0 bridgehead atoms. The van der Waals surface area contributed by atoms with Gasteiger partial charge in [-0.05, 0) is 44.1 Å². The fourth-order valence-electron chi connectivity index (χ4n) is 2.12. The summed E-state index contributed by atoms with van der Waals surface area (Å²) in [5.41, 5.74) is 1.10. The first-order chi connectivity index (χ1) is 9.97. The number of carboxylic acids is 1. The van der Waals surface area contributed by atoms with Crippen molar-refractivity contribution in [3.8, 4) is 0 Å². The van der Waals surface area contributed by atoms with Gasteiger partial charge in [0.1, 0.15) is 5.82 Å². The summed E-state index contributed by atoms with van der Waals surface area (Å²) in [7, 11) is 0. The number of rotatable bonds is 9. The lowest BCUT2D eigenvalue weighted by molar-refractivity contribution is 0.0696. The number of nitrogens with one attached hydrogen (secondary N) is 1. The quantitative estimate of drug-likeness (QED) is 0.685. The fourth-order valence-corrected chi connectivity index (χ4v) is 2.12. The average molecular weight is 293 g/mol. The maximum absolute atomic E-state index is 11.2. The molecule has 5 nitrogen and oxygen atoms in total. The van der Waals surface area contributed by atoms with Crippen molar-refractivity contribution in [1.82, 2.24) is 9.88 Å². The second-order valence-corrected chi connectivity index (χ2v) is 5.43. The highest BCUT2D eigenvalue weighted by atomic mass is 16.4. The molecule has 0 aromatic carbocycles. The molecule has 0 saturated carbocycles. The number of hydrogen-bond donors (Lipinski definition) is 2. The number of carboxylic acid groups (broad SMARTS) is 1. The Bertz CT molecular complexity index is 457. The van der Waals surface area contributed by atoms with Crippen LogP contribution in [0.4, 0.5) is 5.82 Å². The van der Waals surface area contributed by atoms with E-state index in [4.69, 9.17) is 5.11 Å². The first-order valence-electron chi connectivity index (χ1n) is 7.69. The molecule has 5 heteroatoms. The van der Waals surface area contributed by atoms with Gasteiger partial charge < -0.3 is 15.3 Å². The minimum atomic E-state index is -0.912. The molecule has 1 heterocycles. The lowest BCUT2D eigenvalue weighted by Gasteiger charge is -2.18. The van der Waals surface area contributed by atoms with E-state index >= 15 is 0 Å². The standard InChI is InChI=1S/C16H27N3O2/c1-5-19(6-2)9-7-8-17-15-11-13(16(20)21)10-14(18-15)12(3)4/h10-12H,5-9H2,1-4H3,(H,17,18)(H,20,21). The summed E-state index contributed by atoms with van der Waals surface area (Å²) in [6.45, 7) is 12.3. The van der Waals surface area contributed by atoms with Gasteiger partial charge in [0.25, 0.3) is 0 Å². The predicted octanol–water partition coefficient (Wildman–Crippen LogP) is 3.05. The van der Waals surface area contributed by atoms with Gasteiger partial charge in [0.2, 0.25) is 0 Å². The number of nitrogens with zero attached hydrogens (tertiary/aromatic N) is 2. The Balaban J connectivity index is 2.63. The highest BCUT2D eigenvalue weighted by Crippen LogP contribution is 2.17. The van der Waals surface area contributed by atoms with Gasteiger partial charge in [0.05, 0.1) is 5.56 Å². The van der Waals surface area contributed by atoms with E-state index in [0.29, 0.717) is 11.4 Å². The van der Waals surface area contributed by atoms with Gasteiger partial charge in [0, 0.05) is 12.2 Å². The van der Waals surface area contributed by atoms with E-state index in [1.807, 2.05) is 13.8 Å². The molecule has 0 unspecified atom stereocenters. The van der Waals surface area contributed by atoms with Crippen LogP contribution >= 0.6 is 0 Å². The van der Waals surface area contributed by atoms with E-state index in [0.717, 1.165) is 38.3 Å². The largest absolute Gasteiger partial charge is 0.478 e. The fraction of sp³-hybridized carbons (Fsp3) is 0.625. The molecule has 0 radical (unpaired) electrons. The summed E-state index contributed by atoms with van der Waals surface area (Å²) in [5.74, 6) is -0.0517. The van der Waals surface area contributed by atoms with Crippen LogP contribution in [0.25, 0.3) is 0 Å². The van der Waals surface area contributed by atoms with Crippen molar-refractivity contribution in [2.75, 3.05) is 31.5 Å². The van der Waals surface area contributed by atoms with E-state index in [1.165, 1.54) is 0 Å². The first-order valence-corrected chi connectivity index (χ1v) is 7.69. The molecule has 1 aromatic heterocycles. The van der Waals surface area contributed by atoms with E-state index in [2.05, 4.69) is 29.0 Å². The van der Waals surface area contributed by atoms with Crippen LogP contribution in [0.15, 0.2) is 12.1 Å². The molecule has 0 fully saturated rings. The topological polar surface area (TPSA) is 65.5 Å². The molecule has 0 aliphatic heterocycles. The molecule has 0 aliphatic rings. The molecule has 2 N–H and O–H groups in total. The Kier molecular flexibility index (Phi) is 7.15. The molecular weight excluding hydrogens is 266 g/mol. The lowest BCUT2D eigenvalue weighted by Crippen LogP contribution is -2.25. The van der Waals surface area contributed by atoms with Gasteiger partial charge in [-0.25, -0.2) is 9.78 Å². The molecular formula is C16H27N3O2. The number of aromatic nitrogens is 1. The van der Waals surface area contributed by atoms with Gasteiger partial charge in [-0.1, -0.05) is 27.7 Å². The van der Waals surface area contributed by atoms with E-state index in [-0.39, 0.29) is 5.92 Å². The molecule has 1 aromatic rings. The van der Waals surface area contributed by atoms with Gasteiger partial charge >= 0.3 is 5.97 Å². The zero-order valence-electron chi connectivity index (χ0n) is 13.5. The van der Waals surface area contributed by atoms with Gasteiger partial charge in [-0.15, -0.1) is 0 Å². The van der Waals surface area contributed by atoms with Crippen molar-refractivity contribution in [1.29, 1.82) is 0 Å². The summed E-state index contributed by atoms with van der Waals surface area (Å²) < 4.78 is 0. The van der Waals surface area contributed by atoms with Crippen LogP contribution in [0, 0.1) is 0 Å². The van der Waals surface area contributed by atoms with Gasteiger partial charge in [0.15, 0.2) is 0 Å². The molecule has 0 spiro atoms. The number of aromatic carboxylic acids is 1. The van der Waals surface area contributed by atoms with Crippen LogP contribution < -0.4 is 5.32 Å². The monoisotopic (exact) mass is 293 g/mol. The number of carbonyl (C=O) groups is 1. The summed E-state index contributed by atoms with van der Waals surface area (Å²) in [6, 6.07) is 3.25. The molecule has 0 atom stereocenters. The van der Waals surface area contributed by atoms with E-state index in [9.17, 15) is 4.79 Å². The van der Waals surface area contributed by atoms with Gasteiger partial charge in [-0.2, -0.15) is 0 Å². The van der Waals surface area contributed by atoms with Crippen molar-refractivity contribution in [3.63, 3.8) is 0 Å². The second kappa shape index (κ2) is 8.62. The molecule has 1 rings (SSSR count). The minimum absolute atomic E-state index is 0.209. The third-order valence-electron chi connectivity index (χ3n) is 3.54. The van der Waals surface area contributed by atoms with Crippen molar-refractivity contribution < 1.29 is 9.90 Å². The Morgan fingerprint density at radius 3 is 2.52 bits per heavy atom. The summed E-state index contributed by atoms with van der Waals surface area (Å²) in [5, 5.41) is 12.4. The predicted molar refractivity (Wildman–Crippen MR) is 86.2 cm³/mol. The average Bonchev–Trinajstić information content (AvgIpc) is 2.47. The second-order valence-electron chi connectivity index (χ2n) is 5.43. The van der Waals surface area contributed by atoms with Crippen molar-refractivity contribution >= 4 is 11.8 Å². The number of anilines is 1. The Morgan fingerprint density at radius 1 is 1.33 bits per heavy atom. The molecule has 0 aliphatic carbocycles. The first kappa shape index (κ1) is 17.4. The van der Waals surface area contributed by atoms with Crippen LogP contribution in [0.5, 0.6) is 0 Å². The molecule has 118 valence electrons. The van der Waals surface area contributed by atoms with Crippen molar-refractivity contribution in [3.05, 3.63) is 23.4 Å². The summed E-state index contributed by atoms with van der Waals surface area (Å²) in [6.07, 6.45) is 1.01. The molecule has 0 amide bonds.